The van der Waals surface area contributed by atoms with Crippen molar-refractivity contribution in [3.8, 4) is 0 Å². The molecule has 1 atom stereocenters. The first kappa shape index (κ1) is 15.5. The summed E-state index contributed by atoms with van der Waals surface area (Å²) in [6, 6.07) is -0.297. The molecule has 0 aromatic heterocycles. The van der Waals surface area contributed by atoms with Gasteiger partial charge in [0, 0.05) is 14.1 Å². The lowest BCUT2D eigenvalue weighted by atomic mass is 10.2. The number of hydrogen-bond acceptors (Lipinski definition) is 4. The smallest absolute Gasteiger partial charge is 0.409 e. The second-order valence-electron chi connectivity index (χ2n) is 5.02. The fourth-order valence-electron chi connectivity index (χ4n) is 0.876. The van der Waals surface area contributed by atoms with E-state index in [0.29, 0.717) is 0 Å². The third kappa shape index (κ3) is 8.36. The normalized spacial score (nSPS) is 12.6. The standard InChI is InChI=1S/C11H22N2O4/c1-8(7-16-10(15)13(5)6)12-9(14)17-11(2,3)4/h8H,7H2,1-6H3,(H,12,14). The molecule has 0 fully saturated rings. The lowest BCUT2D eigenvalue weighted by Crippen LogP contribution is -2.40. The number of carbonyl (C=O) groups is 2. The molecule has 0 aromatic rings. The quantitative estimate of drug-likeness (QED) is 0.821. The summed E-state index contributed by atoms with van der Waals surface area (Å²) >= 11 is 0. The van der Waals surface area contributed by atoms with E-state index in [4.69, 9.17) is 9.47 Å². The summed E-state index contributed by atoms with van der Waals surface area (Å²) in [4.78, 5) is 23.8. The molecule has 0 aliphatic rings. The van der Waals surface area contributed by atoms with Crippen LogP contribution in [0.3, 0.4) is 0 Å². The number of alkyl carbamates (subject to hydrolysis) is 1. The van der Waals surface area contributed by atoms with Crippen molar-refractivity contribution >= 4 is 12.2 Å². The highest BCUT2D eigenvalue weighted by Crippen LogP contribution is 2.06. The van der Waals surface area contributed by atoms with Gasteiger partial charge in [0.2, 0.25) is 0 Å². The molecule has 17 heavy (non-hydrogen) atoms. The van der Waals surface area contributed by atoms with Gasteiger partial charge in [-0.2, -0.15) is 0 Å². The third-order valence-corrected chi connectivity index (χ3v) is 1.59. The van der Waals surface area contributed by atoms with Gasteiger partial charge >= 0.3 is 12.2 Å². The molecule has 0 aliphatic heterocycles. The van der Waals surface area contributed by atoms with Gasteiger partial charge in [-0.25, -0.2) is 9.59 Å². The molecule has 0 aromatic carbocycles. The fourth-order valence-corrected chi connectivity index (χ4v) is 0.876. The highest BCUT2D eigenvalue weighted by Gasteiger charge is 2.18. The predicted molar refractivity (Wildman–Crippen MR) is 63.9 cm³/mol. The molecule has 1 unspecified atom stereocenters. The summed E-state index contributed by atoms with van der Waals surface area (Å²) in [5, 5.41) is 2.57. The second kappa shape index (κ2) is 6.32. The van der Waals surface area contributed by atoms with Gasteiger partial charge in [-0.15, -0.1) is 0 Å². The van der Waals surface area contributed by atoms with Crippen molar-refractivity contribution in [1.82, 2.24) is 10.2 Å². The zero-order valence-corrected chi connectivity index (χ0v) is 11.4. The zero-order chi connectivity index (χ0) is 13.6. The number of amides is 2. The number of hydrogen-bond donors (Lipinski definition) is 1. The van der Waals surface area contributed by atoms with Crippen molar-refractivity contribution in [3.63, 3.8) is 0 Å². The minimum absolute atomic E-state index is 0.107. The lowest BCUT2D eigenvalue weighted by Gasteiger charge is -2.22. The maximum absolute atomic E-state index is 11.4. The van der Waals surface area contributed by atoms with Crippen molar-refractivity contribution < 1.29 is 19.1 Å². The van der Waals surface area contributed by atoms with Crippen LogP contribution in [-0.2, 0) is 9.47 Å². The molecule has 0 radical (unpaired) electrons. The molecule has 1 N–H and O–H groups in total. The molecular formula is C11H22N2O4. The Morgan fingerprint density at radius 3 is 2.24 bits per heavy atom. The highest BCUT2D eigenvalue weighted by molar-refractivity contribution is 5.68. The van der Waals surface area contributed by atoms with Gasteiger partial charge in [-0.1, -0.05) is 0 Å². The third-order valence-electron chi connectivity index (χ3n) is 1.59. The first-order valence-corrected chi connectivity index (χ1v) is 5.45. The van der Waals surface area contributed by atoms with Crippen LogP contribution >= 0.6 is 0 Å². The average molecular weight is 246 g/mol. The Balaban J connectivity index is 3.90. The van der Waals surface area contributed by atoms with E-state index in [-0.39, 0.29) is 12.6 Å². The average Bonchev–Trinajstić information content (AvgIpc) is 2.10. The maximum Gasteiger partial charge on any atom is 0.409 e. The van der Waals surface area contributed by atoms with Crippen LogP contribution in [0.5, 0.6) is 0 Å². The number of ether oxygens (including phenoxy) is 2. The first-order valence-electron chi connectivity index (χ1n) is 5.45. The lowest BCUT2D eigenvalue weighted by molar-refractivity contribution is 0.0470. The van der Waals surface area contributed by atoms with E-state index in [9.17, 15) is 9.59 Å². The summed E-state index contributed by atoms with van der Waals surface area (Å²) in [5.41, 5.74) is -0.538. The van der Waals surface area contributed by atoms with E-state index in [1.165, 1.54) is 4.90 Å². The van der Waals surface area contributed by atoms with Crippen LogP contribution in [0.15, 0.2) is 0 Å². The molecule has 0 spiro atoms. The van der Waals surface area contributed by atoms with Crippen LogP contribution in [-0.4, -0.2) is 49.4 Å². The molecule has 0 rings (SSSR count). The molecule has 0 heterocycles. The van der Waals surface area contributed by atoms with Crippen LogP contribution in [0, 0.1) is 0 Å². The molecule has 0 aliphatic carbocycles. The van der Waals surface area contributed by atoms with Gasteiger partial charge in [0.15, 0.2) is 0 Å². The van der Waals surface area contributed by atoms with E-state index >= 15 is 0 Å². The molecule has 100 valence electrons. The molecule has 6 heteroatoms. The van der Waals surface area contributed by atoms with Gasteiger partial charge in [0.25, 0.3) is 0 Å². The van der Waals surface area contributed by atoms with E-state index in [1.54, 1.807) is 41.8 Å². The van der Waals surface area contributed by atoms with Gasteiger partial charge in [-0.05, 0) is 27.7 Å². The van der Waals surface area contributed by atoms with Crippen molar-refractivity contribution in [2.45, 2.75) is 39.3 Å². The highest BCUT2D eigenvalue weighted by atomic mass is 16.6. The van der Waals surface area contributed by atoms with Crippen LogP contribution in [0.2, 0.25) is 0 Å². The Labute approximate surface area is 102 Å². The van der Waals surface area contributed by atoms with E-state index < -0.39 is 17.8 Å². The summed E-state index contributed by atoms with van der Waals surface area (Å²) in [7, 11) is 3.18. The zero-order valence-electron chi connectivity index (χ0n) is 11.4. The van der Waals surface area contributed by atoms with Crippen LogP contribution < -0.4 is 5.32 Å². The van der Waals surface area contributed by atoms with Gasteiger partial charge in [0.1, 0.15) is 12.2 Å². The van der Waals surface area contributed by atoms with Crippen LogP contribution in [0.4, 0.5) is 9.59 Å². The van der Waals surface area contributed by atoms with Gasteiger partial charge in [0.05, 0.1) is 6.04 Å². The molecule has 0 saturated heterocycles. The monoisotopic (exact) mass is 246 g/mol. The fraction of sp³-hybridized carbons (Fsp3) is 0.818. The van der Waals surface area contributed by atoms with Gasteiger partial charge < -0.3 is 19.7 Å². The van der Waals surface area contributed by atoms with E-state index in [2.05, 4.69) is 5.32 Å². The topological polar surface area (TPSA) is 67.9 Å². The molecule has 6 nitrogen and oxygen atoms in total. The summed E-state index contributed by atoms with van der Waals surface area (Å²) in [6.45, 7) is 7.18. The number of nitrogens with zero attached hydrogens (tertiary/aromatic N) is 1. The van der Waals surface area contributed by atoms with Crippen molar-refractivity contribution in [3.05, 3.63) is 0 Å². The second-order valence-corrected chi connectivity index (χ2v) is 5.02. The molecule has 2 amide bonds. The van der Waals surface area contributed by atoms with E-state index in [1.807, 2.05) is 0 Å². The van der Waals surface area contributed by atoms with Crippen molar-refractivity contribution in [1.29, 1.82) is 0 Å². The Bertz CT molecular complexity index is 271. The van der Waals surface area contributed by atoms with Crippen LogP contribution in [0.25, 0.3) is 0 Å². The van der Waals surface area contributed by atoms with Crippen molar-refractivity contribution in [2.24, 2.45) is 0 Å². The van der Waals surface area contributed by atoms with E-state index in [0.717, 1.165) is 0 Å². The SMILES string of the molecule is CC(COC(=O)N(C)C)NC(=O)OC(C)(C)C. The number of carbonyl (C=O) groups excluding carboxylic acids is 2. The minimum atomic E-state index is -0.538. The molecular weight excluding hydrogens is 224 g/mol. The number of nitrogens with one attached hydrogen (secondary N) is 1. The minimum Gasteiger partial charge on any atom is -0.447 e. The summed E-state index contributed by atoms with van der Waals surface area (Å²) in [5.74, 6) is 0. The predicted octanol–water partition coefficient (Wildman–Crippen LogP) is 1.60. The first-order chi connectivity index (χ1) is 7.61. The Morgan fingerprint density at radius 1 is 1.29 bits per heavy atom. The number of rotatable bonds is 3. The Hall–Kier alpha value is -1.46. The maximum atomic E-state index is 11.4. The molecule has 0 saturated carbocycles. The largest absolute Gasteiger partial charge is 0.447 e. The van der Waals surface area contributed by atoms with Gasteiger partial charge in [-0.3, -0.25) is 0 Å². The van der Waals surface area contributed by atoms with Crippen LogP contribution in [0.1, 0.15) is 27.7 Å². The Kier molecular flexibility index (Phi) is 5.78. The molecule has 0 bridgehead atoms. The Morgan fingerprint density at radius 2 is 1.82 bits per heavy atom. The van der Waals surface area contributed by atoms with Crippen molar-refractivity contribution in [2.75, 3.05) is 20.7 Å². The summed E-state index contributed by atoms with van der Waals surface area (Å²) in [6.07, 6.45) is -0.964. The summed E-state index contributed by atoms with van der Waals surface area (Å²) < 4.78 is 9.97.